The molecule has 0 bridgehead atoms. The van der Waals surface area contributed by atoms with Crippen molar-refractivity contribution in [1.82, 2.24) is 0 Å². The topological polar surface area (TPSA) is 13.1 Å². The zero-order valence-corrected chi connectivity index (χ0v) is 24.3. The largest absolute Gasteiger partial charge is 0.456 e. The van der Waals surface area contributed by atoms with E-state index in [-0.39, 0.29) is 17.5 Å². The first-order valence-corrected chi connectivity index (χ1v) is 15.1. The number of hydrogen-bond donors (Lipinski definition) is 0. The van der Waals surface area contributed by atoms with Crippen molar-refractivity contribution >= 4 is 43.3 Å². The second kappa shape index (κ2) is 10.1. The van der Waals surface area contributed by atoms with Gasteiger partial charge >= 0.3 is 0 Å². The van der Waals surface area contributed by atoms with Gasteiger partial charge < -0.3 is 4.42 Å². The third kappa shape index (κ3) is 4.11. The first-order valence-electron chi connectivity index (χ1n) is 15.1. The second-order valence-corrected chi connectivity index (χ2v) is 11.7. The van der Waals surface area contributed by atoms with Gasteiger partial charge in [-0.25, -0.2) is 13.2 Å². The van der Waals surface area contributed by atoms with Crippen molar-refractivity contribution in [3.8, 4) is 44.7 Å². The second-order valence-electron chi connectivity index (χ2n) is 11.7. The van der Waals surface area contributed by atoms with Gasteiger partial charge in [-0.05, 0) is 126 Å². The van der Waals surface area contributed by atoms with E-state index in [1.807, 2.05) is 24.3 Å². The molecule has 1 nitrogen and oxygen atoms in total. The summed E-state index contributed by atoms with van der Waals surface area (Å²) in [5.74, 6) is -0.175. The highest BCUT2D eigenvalue weighted by molar-refractivity contribution is 6.31. The van der Waals surface area contributed by atoms with E-state index in [4.69, 9.17) is 4.42 Å². The lowest BCUT2D eigenvalue weighted by Gasteiger charge is -2.21. The summed E-state index contributed by atoms with van der Waals surface area (Å²) in [7, 11) is 0. The fourth-order valence-electron chi connectivity index (χ4n) is 6.92. The van der Waals surface area contributed by atoms with Gasteiger partial charge in [-0.15, -0.1) is 0 Å². The minimum absolute atomic E-state index is 0.299. The van der Waals surface area contributed by atoms with Crippen molar-refractivity contribution < 1.29 is 17.6 Å². The van der Waals surface area contributed by atoms with Crippen LogP contribution in [0.3, 0.4) is 0 Å². The molecule has 46 heavy (non-hydrogen) atoms. The fourth-order valence-corrected chi connectivity index (χ4v) is 6.92. The van der Waals surface area contributed by atoms with Gasteiger partial charge in [0.05, 0.1) is 0 Å². The fraction of sp³-hybridized carbons (Fsp3) is 0. The summed E-state index contributed by atoms with van der Waals surface area (Å²) in [5.41, 5.74) is 7.19. The Kier molecular flexibility index (Phi) is 5.81. The van der Waals surface area contributed by atoms with Gasteiger partial charge in [0, 0.05) is 10.9 Å². The highest BCUT2D eigenvalue weighted by Gasteiger charge is 2.22. The van der Waals surface area contributed by atoms with E-state index in [9.17, 15) is 13.2 Å². The van der Waals surface area contributed by atoms with Crippen LogP contribution in [0.2, 0.25) is 0 Å². The standard InChI is InChI=1S/C42H23F3O/c43-28-11-5-24(6-12-28)35-22-36(25-7-13-29(44)14-8-25)32-19-20-34-38(40-21-27-3-1-2-4-39(27)46-40)23-37(26-9-15-30(45)16-10-26)33-18-17-31(35)41(32)42(33)34/h1-23H. The first-order chi connectivity index (χ1) is 22.5. The average Bonchev–Trinajstić information content (AvgIpc) is 3.52. The van der Waals surface area contributed by atoms with Gasteiger partial charge in [0.2, 0.25) is 0 Å². The molecule has 0 radical (unpaired) electrons. The van der Waals surface area contributed by atoms with Gasteiger partial charge in [0.25, 0.3) is 0 Å². The van der Waals surface area contributed by atoms with E-state index in [0.717, 1.165) is 88.0 Å². The molecule has 0 saturated heterocycles. The molecule has 1 heterocycles. The van der Waals surface area contributed by atoms with Gasteiger partial charge in [0.1, 0.15) is 28.8 Å². The first kappa shape index (κ1) is 26.5. The third-order valence-corrected chi connectivity index (χ3v) is 9.06. The monoisotopic (exact) mass is 600 g/mol. The van der Waals surface area contributed by atoms with Crippen molar-refractivity contribution in [1.29, 1.82) is 0 Å². The SMILES string of the molecule is Fc1ccc(-c2cc(-c3ccc(F)cc3)c3ccc4c(-c5cc6ccccc6o5)cc(-c5ccc(F)cc5)c5ccc2c3c54)cc1. The van der Waals surface area contributed by atoms with Crippen LogP contribution in [0.5, 0.6) is 0 Å². The summed E-state index contributed by atoms with van der Waals surface area (Å²) >= 11 is 0. The number of para-hydroxylation sites is 1. The van der Waals surface area contributed by atoms with Crippen molar-refractivity contribution in [3.63, 3.8) is 0 Å². The van der Waals surface area contributed by atoms with Gasteiger partial charge in [-0.2, -0.15) is 0 Å². The lowest BCUT2D eigenvalue weighted by Crippen LogP contribution is -1.94. The van der Waals surface area contributed by atoms with Crippen molar-refractivity contribution in [2.75, 3.05) is 0 Å². The summed E-state index contributed by atoms with van der Waals surface area (Å²) in [6.45, 7) is 0. The molecular formula is C42H23F3O. The maximum Gasteiger partial charge on any atom is 0.136 e. The van der Waals surface area contributed by atoms with Crippen molar-refractivity contribution in [2.45, 2.75) is 0 Å². The van der Waals surface area contributed by atoms with Crippen LogP contribution < -0.4 is 0 Å². The molecule has 0 N–H and O–H groups in total. The highest BCUT2D eigenvalue weighted by atomic mass is 19.1. The minimum atomic E-state index is -0.306. The Labute approximate surface area is 262 Å². The highest BCUT2D eigenvalue weighted by Crippen LogP contribution is 2.48. The maximum absolute atomic E-state index is 14.1. The normalized spacial score (nSPS) is 11.8. The van der Waals surface area contributed by atoms with Crippen LogP contribution in [-0.2, 0) is 0 Å². The number of benzene rings is 8. The molecule has 1 aromatic heterocycles. The summed E-state index contributed by atoms with van der Waals surface area (Å²) < 4.78 is 48.7. The number of furan rings is 1. The summed E-state index contributed by atoms with van der Waals surface area (Å²) in [6, 6.07) is 42.3. The molecule has 0 atom stereocenters. The number of rotatable bonds is 4. The number of halogens is 3. The Morgan fingerprint density at radius 3 is 1.20 bits per heavy atom. The quantitative estimate of drug-likeness (QED) is 0.183. The van der Waals surface area contributed by atoms with Gasteiger partial charge in [0.15, 0.2) is 0 Å². The van der Waals surface area contributed by atoms with Crippen molar-refractivity contribution in [2.24, 2.45) is 0 Å². The zero-order valence-electron chi connectivity index (χ0n) is 24.3. The third-order valence-electron chi connectivity index (χ3n) is 9.06. The molecule has 0 aliphatic carbocycles. The predicted octanol–water partition coefficient (Wildman–Crippen LogP) is 12.4. The Morgan fingerprint density at radius 1 is 0.370 bits per heavy atom. The number of fused-ring (bicyclic) bond motifs is 1. The van der Waals surface area contributed by atoms with E-state index in [0.29, 0.717) is 0 Å². The Bertz CT molecular complexity index is 2480. The molecule has 0 amide bonds. The predicted molar refractivity (Wildman–Crippen MR) is 182 cm³/mol. The van der Waals surface area contributed by atoms with Crippen LogP contribution in [0.15, 0.2) is 144 Å². The van der Waals surface area contributed by atoms with Crippen LogP contribution in [0.25, 0.3) is 88.0 Å². The summed E-state index contributed by atoms with van der Waals surface area (Å²) in [5, 5.41) is 7.13. The van der Waals surface area contributed by atoms with Crippen LogP contribution >= 0.6 is 0 Å². The van der Waals surface area contributed by atoms with Crippen LogP contribution in [-0.4, -0.2) is 0 Å². The Hall–Kier alpha value is -5.87. The van der Waals surface area contributed by atoms with E-state index >= 15 is 0 Å². The van der Waals surface area contributed by atoms with Crippen molar-refractivity contribution in [3.05, 3.63) is 157 Å². The number of hydrogen-bond acceptors (Lipinski definition) is 1. The zero-order chi connectivity index (χ0) is 30.9. The van der Waals surface area contributed by atoms with Gasteiger partial charge in [-0.3, -0.25) is 0 Å². The van der Waals surface area contributed by atoms with E-state index < -0.39 is 0 Å². The molecule has 4 heteroatoms. The average molecular weight is 601 g/mol. The van der Waals surface area contributed by atoms with E-state index in [2.05, 4.69) is 42.5 Å². The molecular weight excluding hydrogens is 577 g/mol. The van der Waals surface area contributed by atoms with Crippen LogP contribution in [0, 0.1) is 17.5 Å². The minimum Gasteiger partial charge on any atom is -0.456 e. The molecule has 9 aromatic rings. The molecule has 218 valence electrons. The molecule has 9 rings (SSSR count). The lowest BCUT2D eigenvalue weighted by atomic mass is 9.82. The van der Waals surface area contributed by atoms with Crippen LogP contribution in [0.4, 0.5) is 13.2 Å². The molecule has 0 spiro atoms. The maximum atomic E-state index is 14.1. The lowest BCUT2D eigenvalue weighted by molar-refractivity contribution is 0.627. The summed E-state index contributed by atoms with van der Waals surface area (Å²) in [4.78, 5) is 0. The Balaban J connectivity index is 1.46. The van der Waals surface area contributed by atoms with E-state index in [1.54, 1.807) is 36.4 Å². The van der Waals surface area contributed by atoms with Gasteiger partial charge in [-0.1, -0.05) is 78.9 Å². The molecule has 0 fully saturated rings. The van der Waals surface area contributed by atoms with E-state index in [1.165, 1.54) is 36.4 Å². The molecule has 0 aliphatic rings. The molecule has 0 aliphatic heterocycles. The molecule has 0 unspecified atom stereocenters. The smallest absolute Gasteiger partial charge is 0.136 e. The summed E-state index contributed by atoms with van der Waals surface area (Å²) in [6.07, 6.45) is 0. The molecule has 8 aromatic carbocycles. The molecule has 0 saturated carbocycles. The van der Waals surface area contributed by atoms with Crippen LogP contribution in [0.1, 0.15) is 0 Å². The Morgan fingerprint density at radius 2 is 0.761 bits per heavy atom.